The molecule has 0 unspecified atom stereocenters. The Bertz CT molecular complexity index is 1540. The summed E-state index contributed by atoms with van der Waals surface area (Å²) in [6.07, 6.45) is 6.24. The summed E-state index contributed by atoms with van der Waals surface area (Å²) in [7, 11) is 3.83. The van der Waals surface area contributed by atoms with Gasteiger partial charge in [0, 0.05) is 68.3 Å². The number of piperidine rings is 1. The highest BCUT2D eigenvalue weighted by Crippen LogP contribution is 2.36. The van der Waals surface area contributed by atoms with Gasteiger partial charge >= 0.3 is 0 Å². The Morgan fingerprint density at radius 1 is 0.976 bits per heavy atom. The molecule has 2 fully saturated rings. The van der Waals surface area contributed by atoms with E-state index in [4.69, 9.17) is 9.47 Å². The third-order valence-electron chi connectivity index (χ3n) is 8.07. The Labute approximate surface area is 240 Å². The van der Waals surface area contributed by atoms with Gasteiger partial charge in [-0.3, -0.25) is 9.78 Å². The molecule has 4 aromatic rings. The first-order valence-electron chi connectivity index (χ1n) is 14.3. The lowest BCUT2D eigenvalue weighted by Crippen LogP contribution is -2.47. The van der Waals surface area contributed by atoms with Crippen molar-refractivity contribution in [2.24, 2.45) is 5.92 Å². The number of ether oxygens (including phenoxy) is 2. The van der Waals surface area contributed by atoms with Crippen LogP contribution in [0, 0.1) is 5.92 Å². The first kappa shape index (κ1) is 27.0. The average molecular weight is 556 g/mol. The maximum Gasteiger partial charge on any atom is 0.255 e. The Balaban J connectivity index is 1.15. The molecule has 0 bridgehead atoms. The van der Waals surface area contributed by atoms with Gasteiger partial charge in [-0.2, -0.15) is 0 Å². The molecule has 214 valence electrons. The van der Waals surface area contributed by atoms with Gasteiger partial charge in [-0.05, 0) is 38.1 Å². The summed E-state index contributed by atoms with van der Waals surface area (Å²) in [4.78, 5) is 36.3. The molecular weight excluding hydrogens is 518 g/mol. The summed E-state index contributed by atoms with van der Waals surface area (Å²) in [6, 6.07) is 13.9. The molecular formula is C31H37N7O3. The van der Waals surface area contributed by atoms with Gasteiger partial charge in [-0.15, -0.1) is 0 Å². The number of H-pyrrole nitrogens is 1. The molecule has 0 saturated carbocycles. The summed E-state index contributed by atoms with van der Waals surface area (Å²) in [5.74, 6) is 3.38. The number of piperazine rings is 1. The monoisotopic (exact) mass is 555 g/mol. The van der Waals surface area contributed by atoms with Crippen LogP contribution in [0.2, 0.25) is 0 Å². The zero-order valence-electron chi connectivity index (χ0n) is 23.8. The number of rotatable bonds is 8. The van der Waals surface area contributed by atoms with Crippen LogP contribution >= 0.6 is 0 Å². The Hall–Kier alpha value is -4.18. The largest absolute Gasteiger partial charge is 0.493 e. The summed E-state index contributed by atoms with van der Waals surface area (Å²) in [5, 5.41) is 0.939. The van der Waals surface area contributed by atoms with E-state index < -0.39 is 0 Å². The molecule has 10 nitrogen and oxygen atoms in total. The Morgan fingerprint density at radius 2 is 1.78 bits per heavy atom. The molecule has 2 aromatic carbocycles. The van der Waals surface area contributed by atoms with Gasteiger partial charge in [-0.25, -0.2) is 15.0 Å². The van der Waals surface area contributed by atoms with Crippen molar-refractivity contribution in [1.29, 1.82) is 0 Å². The molecule has 1 atom stereocenters. The summed E-state index contributed by atoms with van der Waals surface area (Å²) in [5.41, 5.74) is 2.48. The average Bonchev–Trinajstić information content (AvgIpc) is 3.01. The van der Waals surface area contributed by atoms with Crippen LogP contribution in [0.25, 0.3) is 10.9 Å². The maximum absolute atomic E-state index is 12.8. The minimum absolute atomic E-state index is 0.0931. The van der Waals surface area contributed by atoms with E-state index >= 15 is 0 Å². The molecule has 2 saturated heterocycles. The molecule has 0 radical (unpaired) electrons. The van der Waals surface area contributed by atoms with Crippen LogP contribution in [-0.2, 0) is 6.42 Å². The van der Waals surface area contributed by atoms with Crippen LogP contribution in [0.5, 0.6) is 11.5 Å². The fourth-order valence-corrected chi connectivity index (χ4v) is 5.84. The van der Waals surface area contributed by atoms with Crippen LogP contribution < -0.4 is 24.8 Å². The predicted octanol–water partition coefficient (Wildman–Crippen LogP) is 3.36. The van der Waals surface area contributed by atoms with Crippen molar-refractivity contribution in [3.05, 3.63) is 76.5 Å². The SMILES string of the molecule is COc1cc2ncnc(N3CCN(c4ncc(Cc5ccccc5)c(=O)[nH]4)CC3)c2cc1OC[C@@H]1CCCN(C)C1. The van der Waals surface area contributed by atoms with Gasteiger partial charge in [0.1, 0.15) is 12.1 Å². The summed E-state index contributed by atoms with van der Waals surface area (Å²) < 4.78 is 12.0. The number of likely N-dealkylation sites (tertiary alicyclic amines) is 1. The van der Waals surface area contributed by atoms with Gasteiger partial charge in [0.2, 0.25) is 5.95 Å². The number of hydrogen-bond acceptors (Lipinski definition) is 9. The van der Waals surface area contributed by atoms with E-state index in [9.17, 15) is 4.79 Å². The van der Waals surface area contributed by atoms with E-state index in [2.05, 4.69) is 41.7 Å². The van der Waals surface area contributed by atoms with E-state index in [1.807, 2.05) is 42.5 Å². The van der Waals surface area contributed by atoms with Crippen LogP contribution in [0.3, 0.4) is 0 Å². The normalized spacial score (nSPS) is 18.0. The predicted molar refractivity (Wildman–Crippen MR) is 160 cm³/mol. The number of nitrogens with zero attached hydrogens (tertiary/aromatic N) is 6. The summed E-state index contributed by atoms with van der Waals surface area (Å²) in [6.45, 7) is 5.74. The van der Waals surface area contributed by atoms with E-state index in [0.29, 0.717) is 49.3 Å². The lowest BCUT2D eigenvalue weighted by Gasteiger charge is -2.36. The standard InChI is InChI=1S/C31H37N7O3/c1-36-10-6-9-23(19-36)20-41-28-16-25-26(17-27(28)40-2)33-21-34-29(25)37-11-13-38(14-12-37)31-32-18-24(30(39)35-31)15-22-7-4-3-5-8-22/h3-5,7-8,16-18,21,23H,6,9-15,19-20H2,1-2H3,(H,32,35,39)/t23-/m1/s1. The van der Waals surface area contributed by atoms with Crippen molar-refractivity contribution in [3.63, 3.8) is 0 Å². The van der Waals surface area contributed by atoms with Crippen molar-refractivity contribution < 1.29 is 9.47 Å². The number of benzene rings is 2. The van der Waals surface area contributed by atoms with Gasteiger partial charge in [-0.1, -0.05) is 30.3 Å². The van der Waals surface area contributed by atoms with Crippen molar-refractivity contribution >= 4 is 22.7 Å². The van der Waals surface area contributed by atoms with E-state index in [0.717, 1.165) is 54.2 Å². The molecule has 10 heteroatoms. The minimum Gasteiger partial charge on any atom is -0.493 e. The van der Waals surface area contributed by atoms with Gasteiger partial charge in [0.15, 0.2) is 11.5 Å². The molecule has 0 spiro atoms. The van der Waals surface area contributed by atoms with Crippen LogP contribution in [-0.4, -0.2) is 84.9 Å². The third kappa shape index (κ3) is 6.12. The molecule has 4 heterocycles. The highest BCUT2D eigenvalue weighted by molar-refractivity contribution is 5.92. The van der Waals surface area contributed by atoms with Gasteiger partial charge in [0.05, 0.1) is 19.2 Å². The van der Waals surface area contributed by atoms with E-state index in [1.54, 1.807) is 19.6 Å². The quantitative estimate of drug-likeness (QED) is 0.351. The zero-order chi connectivity index (χ0) is 28.2. The number of methoxy groups -OCH3 is 1. The van der Waals surface area contributed by atoms with E-state index in [1.165, 1.54) is 12.8 Å². The lowest BCUT2D eigenvalue weighted by molar-refractivity contribution is 0.148. The fraction of sp³-hybridized carbons (Fsp3) is 0.419. The summed E-state index contributed by atoms with van der Waals surface area (Å²) >= 11 is 0. The van der Waals surface area contributed by atoms with Crippen molar-refractivity contribution in [2.45, 2.75) is 19.3 Å². The third-order valence-corrected chi connectivity index (χ3v) is 8.07. The van der Waals surface area contributed by atoms with Crippen molar-refractivity contribution in [1.82, 2.24) is 24.8 Å². The number of hydrogen-bond donors (Lipinski definition) is 1. The first-order valence-corrected chi connectivity index (χ1v) is 14.3. The number of aromatic amines is 1. The van der Waals surface area contributed by atoms with E-state index in [-0.39, 0.29) is 5.56 Å². The molecule has 41 heavy (non-hydrogen) atoms. The first-order chi connectivity index (χ1) is 20.1. The molecule has 2 aliphatic rings. The second kappa shape index (κ2) is 12.1. The molecule has 2 aromatic heterocycles. The smallest absolute Gasteiger partial charge is 0.255 e. The molecule has 2 aliphatic heterocycles. The lowest BCUT2D eigenvalue weighted by atomic mass is 9.99. The Morgan fingerprint density at radius 3 is 2.54 bits per heavy atom. The van der Waals surface area contributed by atoms with Crippen LogP contribution in [0.1, 0.15) is 24.0 Å². The molecule has 0 aliphatic carbocycles. The molecule has 6 rings (SSSR count). The van der Waals surface area contributed by atoms with Gasteiger partial charge in [0.25, 0.3) is 5.56 Å². The fourth-order valence-electron chi connectivity index (χ4n) is 5.84. The minimum atomic E-state index is -0.0931. The highest BCUT2D eigenvalue weighted by atomic mass is 16.5. The van der Waals surface area contributed by atoms with Crippen molar-refractivity contribution in [3.8, 4) is 11.5 Å². The maximum atomic E-state index is 12.8. The van der Waals surface area contributed by atoms with Crippen molar-refractivity contribution in [2.75, 3.05) is 69.8 Å². The topological polar surface area (TPSA) is 99.7 Å². The second-order valence-corrected chi connectivity index (χ2v) is 11.0. The second-order valence-electron chi connectivity index (χ2n) is 11.0. The van der Waals surface area contributed by atoms with Crippen LogP contribution in [0.4, 0.5) is 11.8 Å². The zero-order valence-corrected chi connectivity index (χ0v) is 23.8. The van der Waals surface area contributed by atoms with Crippen LogP contribution in [0.15, 0.2) is 59.8 Å². The van der Waals surface area contributed by atoms with Gasteiger partial charge < -0.3 is 24.2 Å². The number of aromatic nitrogens is 4. The highest BCUT2D eigenvalue weighted by Gasteiger charge is 2.24. The number of anilines is 2. The molecule has 1 N–H and O–H groups in total. The molecule has 0 amide bonds. The Kier molecular flexibility index (Phi) is 8.00. The number of fused-ring (bicyclic) bond motifs is 1. The number of nitrogens with one attached hydrogen (secondary N) is 1.